The van der Waals surface area contributed by atoms with E-state index < -0.39 is 9.84 Å². The summed E-state index contributed by atoms with van der Waals surface area (Å²) < 4.78 is 23.7. The van der Waals surface area contributed by atoms with Gasteiger partial charge in [0, 0.05) is 17.5 Å². The highest BCUT2D eigenvalue weighted by Gasteiger charge is 2.36. The molecule has 0 aliphatic carbocycles. The first-order chi connectivity index (χ1) is 12.4. The molecule has 1 aromatic heterocycles. The van der Waals surface area contributed by atoms with Gasteiger partial charge in [-0.25, -0.2) is 18.4 Å². The van der Waals surface area contributed by atoms with Gasteiger partial charge in [-0.2, -0.15) is 0 Å². The summed E-state index contributed by atoms with van der Waals surface area (Å²) in [5, 5.41) is 1.69. The van der Waals surface area contributed by atoms with Gasteiger partial charge in [-0.05, 0) is 25.8 Å². The maximum atomic E-state index is 12.9. The van der Waals surface area contributed by atoms with Crippen molar-refractivity contribution in [3.63, 3.8) is 0 Å². The molecule has 2 atom stereocenters. The molecule has 1 aliphatic rings. The fourth-order valence-corrected chi connectivity index (χ4v) is 5.87. The molecule has 0 bridgehead atoms. The van der Waals surface area contributed by atoms with Gasteiger partial charge in [0.1, 0.15) is 11.4 Å². The Morgan fingerprint density at radius 1 is 1.35 bits per heavy atom. The average Bonchev–Trinajstić information content (AvgIpc) is 2.99. The van der Waals surface area contributed by atoms with Crippen LogP contribution in [-0.2, 0) is 14.6 Å². The van der Waals surface area contributed by atoms with Crippen molar-refractivity contribution in [2.75, 3.05) is 17.3 Å². The smallest absolute Gasteiger partial charge is 0.233 e. The second kappa shape index (κ2) is 7.92. The van der Waals surface area contributed by atoms with Crippen molar-refractivity contribution >= 4 is 38.4 Å². The molecule has 0 radical (unpaired) electrons. The molecule has 26 heavy (non-hydrogen) atoms. The van der Waals surface area contributed by atoms with Crippen molar-refractivity contribution in [1.29, 1.82) is 0 Å². The van der Waals surface area contributed by atoms with Crippen LogP contribution < -0.4 is 0 Å². The van der Waals surface area contributed by atoms with Crippen LogP contribution in [0.15, 0.2) is 35.6 Å². The van der Waals surface area contributed by atoms with Gasteiger partial charge >= 0.3 is 0 Å². The number of sulfone groups is 1. The highest BCUT2D eigenvalue weighted by atomic mass is 32.2. The second-order valence-electron chi connectivity index (χ2n) is 6.60. The summed E-state index contributed by atoms with van der Waals surface area (Å²) in [4.78, 5) is 23.2. The summed E-state index contributed by atoms with van der Waals surface area (Å²) in [5.74, 6) is 0.447. The molecule has 8 heteroatoms. The minimum atomic E-state index is -3.03. The minimum absolute atomic E-state index is 0.0172. The SMILES string of the molecule is CC[C@@H](C)N(C(=O)CSc1ncnc2ccccc12)[C@H]1CCS(=O)(=O)C1. The summed E-state index contributed by atoms with van der Waals surface area (Å²) >= 11 is 1.38. The first kappa shape index (κ1) is 19.1. The maximum Gasteiger partial charge on any atom is 0.233 e. The van der Waals surface area contributed by atoms with E-state index in [-0.39, 0.29) is 35.2 Å². The molecular weight excluding hydrogens is 370 g/mol. The fourth-order valence-electron chi connectivity index (χ4n) is 3.30. The van der Waals surface area contributed by atoms with E-state index in [1.54, 1.807) is 4.90 Å². The molecule has 0 saturated carbocycles. The first-order valence-electron chi connectivity index (χ1n) is 8.75. The molecule has 1 amide bonds. The van der Waals surface area contributed by atoms with Crippen LogP contribution in [0.1, 0.15) is 26.7 Å². The molecule has 0 unspecified atom stereocenters. The van der Waals surface area contributed by atoms with Crippen molar-refractivity contribution in [1.82, 2.24) is 14.9 Å². The van der Waals surface area contributed by atoms with E-state index in [9.17, 15) is 13.2 Å². The van der Waals surface area contributed by atoms with Crippen LogP contribution >= 0.6 is 11.8 Å². The number of benzene rings is 1. The molecule has 1 aromatic carbocycles. The number of hydrogen-bond acceptors (Lipinski definition) is 6. The van der Waals surface area contributed by atoms with Crippen LogP contribution in [-0.4, -0.2) is 58.5 Å². The molecule has 140 valence electrons. The molecule has 6 nitrogen and oxygen atoms in total. The van der Waals surface area contributed by atoms with Gasteiger partial charge in [0.15, 0.2) is 9.84 Å². The van der Waals surface area contributed by atoms with Gasteiger partial charge in [0.2, 0.25) is 5.91 Å². The number of aromatic nitrogens is 2. The maximum absolute atomic E-state index is 12.9. The van der Waals surface area contributed by atoms with E-state index in [0.29, 0.717) is 6.42 Å². The molecule has 3 rings (SSSR count). The molecular formula is C18H23N3O3S2. The quantitative estimate of drug-likeness (QED) is 0.554. The number of rotatable bonds is 6. The number of thioether (sulfide) groups is 1. The van der Waals surface area contributed by atoms with E-state index in [1.807, 2.05) is 38.1 Å². The Hall–Kier alpha value is -1.67. The summed E-state index contributed by atoms with van der Waals surface area (Å²) in [6, 6.07) is 7.50. The lowest BCUT2D eigenvalue weighted by atomic mass is 10.1. The Labute approximate surface area is 158 Å². The number of fused-ring (bicyclic) bond motifs is 1. The Balaban J connectivity index is 1.75. The third kappa shape index (κ3) is 4.17. The predicted octanol–water partition coefficient (Wildman–Crippen LogP) is 2.54. The molecule has 2 heterocycles. The molecule has 0 N–H and O–H groups in total. The van der Waals surface area contributed by atoms with Crippen LogP contribution in [0.3, 0.4) is 0 Å². The molecule has 0 spiro atoms. The van der Waals surface area contributed by atoms with Crippen molar-refractivity contribution in [2.24, 2.45) is 0 Å². The van der Waals surface area contributed by atoms with Gasteiger partial charge in [0.25, 0.3) is 0 Å². The highest BCUT2D eigenvalue weighted by molar-refractivity contribution is 8.00. The van der Waals surface area contributed by atoms with Crippen molar-refractivity contribution in [3.05, 3.63) is 30.6 Å². The van der Waals surface area contributed by atoms with Crippen LogP contribution in [0.4, 0.5) is 0 Å². The Morgan fingerprint density at radius 3 is 2.81 bits per heavy atom. The van der Waals surface area contributed by atoms with Gasteiger partial charge < -0.3 is 4.90 Å². The third-order valence-electron chi connectivity index (χ3n) is 4.79. The third-order valence-corrected chi connectivity index (χ3v) is 7.53. The number of carbonyl (C=O) groups is 1. The molecule has 1 aliphatic heterocycles. The Morgan fingerprint density at radius 2 is 2.12 bits per heavy atom. The van der Waals surface area contributed by atoms with E-state index in [0.717, 1.165) is 22.3 Å². The summed E-state index contributed by atoms with van der Waals surface area (Å²) in [7, 11) is -3.03. The lowest BCUT2D eigenvalue weighted by molar-refractivity contribution is -0.132. The van der Waals surface area contributed by atoms with Gasteiger partial charge in [0.05, 0.1) is 22.8 Å². The largest absolute Gasteiger partial charge is 0.335 e. The minimum Gasteiger partial charge on any atom is -0.335 e. The first-order valence-corrected chi connectivity index (χ1v) is 11.6. The number of carbonyl (C=O) groups excluding carboxylic acids is 1. The Kier molecular flexibility index (Phi) is 5.82. The van der Waals surface area contributed by atoms with Crippen molar-refractivity contribution in [3.8, 4) is 0 Å². The van der Waals surface area contributed by atoms with E-state index in [4.69, 9.17) is 0 Å². The van der Waals surface area contributed by atoms with Crippen LogP contribution in [0.5, 0.6) is 0 Å². The second-order valence-corrected chi connectivity index (χ2v) is 9.79. The summed E-state index contributed by atoms with van der Waals surface area (Å²) in [5.41, 5.74) is 0.845. The normalized spacial score (nSPS) is 20.2. The van der Waals surface area contributed by atoms with Crippen molar-refractivity contribution in [2.45, 2.75) is 43.8 Å². The van der Waals surface area contributed by atoms with Crippen molar-refractivity contribution < 1.29 is 13.2 Å². The zero-order chi connectivity index (χ0) is 18.7. The zero-order valence-electron chi connectivity index (χ0n) is 15.0. The Bertz CT molecular complexity index is 896. The molecule has 1 saturated heterocycles. The van der Waals surface area contributed by atoms with E-state index in [1.165, 1.54) is 18.1 Å². The van der Waals surface area contributed by atoms with Gasteiger partial charge in [-0.15, -0.1) is 0 Å². The topological polar surface area (TPSA) is 80.2 Å². The number of hydrogen-bond donors (Lipinski definition) is 0. The molecule has 1 fully saturated rings. The van der Waals surface area contributed by atoms with Gasteiger partial charge in [-0.3, -0.25) is 4.79 Å². The highest BCUT2D eigenvalue weighted by Crippen LogP contribution is 2.27. The summed E-state index contributed by atoms with van der Waals surface area (Å²) in [6.07, 6.45) is 2.83. The zero-order valence-corrected chi connectivity index (χ0v) is 16.6. The molecule has 2 aromatic rings. The lowest BCUT2D eigenvalue weighted by Gasteiger charge is -2.33. The number of nitrogens with zero attached hydrogens (tertiary/aromatic N) is 3. The van der Waals surface area contributed by atoms with E-state index >= 15 is 0 Å². The van der Waals surface area contributed by atoms with E-state index in [2.05, 4.69) is 9.97 Å². The summed E-state index contributed by atoms with van der Waals surface area (Å²) in [6.45, 7) is 3.99. The predicted molar refractivity (Wildman–Crippen MR) is 104 cm³/mol. The average molecular weight is 394 g/mol. The lowest BCUT2D eigenvalue weighted by Crippen LogP contribution is -2.47. The van der Waals surface area contributed by atoms with Crippen LogP contribution in [0.25, 0.3) is 10.9 Å². The van der Waals surface area contributed by atoms with Crippen LogP contribution in [0.2, 0.25) is 0 Å². The van der Waals surface area contributed by atoms with Gasteiger partial charge in [-0.1, -0.05) is 36.9 Å². The standard InChI is InChI=1S/C18H23N3O3S2/c1-3-13(2)21(14-8-9-26(23,24)11-14)17(22)10-25-18-15-6-4-5-7-16(15)19-12-20-18/h4-7,12-14H,3,8-11H2,1-2H3/t13-,14+/m1/s1. The number of para-hydroxylation sites is 1. The van der Waals surface area contributed by atoms with Crippen LogP contribution in [0, 0.1) is 0 Å². The monoisotopic (exact) mass is 393 g/mol. The fraction of sp³-hybridized carbons (Fsp3) is 0.500. The number of amides is 1.